The maximum absolute atomic E-state index is 12.4. The van der Waals surface area contributed by atoms with Gasteiger partial charge in [-0.25, -0.2) is 9.67 Å². The first-order chi connectivity index (χ1) is 11.8. The van der Waals surface area contributed by atoms with Crippen molar-refractivity contribution in [1.82, 2.24) is 14.8 Å². The number of hydrogen-bond acceptors (Lipinski definition) is 4. The molecular formula is C19H22N4OS. The molecule has 1 amide bonds. The number of benzene rings is 1. The number of nitrogens with one attached hydrogen (secondary N) is 1. The average Bonchev–Trinajstić information content (AvgIpc) is 3.03. The number of rotatable bonds is 4. The molecule has 6 heteroatoms. The van der Waals surface area contributed by atoms with Crippen molar-refractivity contribution in [3.05, 3.63) is 57.4 Å². The highest BCUT2D eigenvalue weighted by Crippen LogP contribution is 2.24. The number of hydrogen-bond donors (Lipinski definition) is 1. The molecule has 25 heavy (non-hydrogen) atoms. The molecule has 2 aromatic heterocycles. The van der Waals surface area contributed by atoms with Crippen molar-refractivity contribution in [3.63, 3.8) is 0 Å². The number of aromatic nitrogens is 3. The van der Waals surface area contributed by atoms with Crippen LogP contribution >= 0.6 is 11.3 Å². The van der Waals surface area contributed by atoms with Gasteiger partial charge >= 0.3 is 0 Å². The minimum Gasteiger partial charge on any atom is -0.326 e. The Morgan fingerprint density at radius 3 is 2.36 bits per heavy atom. The molecule has 0 atom stereocenters. The van der Waals surface area contributed by atoms with E-state index in [1.165, 1.54) is 10.4 Å². The van der Waals surface area contributed by atoms with E-state index in [-0.39, 0.29) is 5.91 Å². The maximum atomic E-state index is 12.4. The Kier molecular flexibility index (Phi) is 4.72. The molecule has 0 spiro atoms. The smallest absolute Gasteiger partial charge is 0.228 e. The number of aryl methyl sites for hydroxylation is 4. The van der Waals surface area contributed by atoms with Gasteiger partial charge in [-0.05, 0) is 46.8 Å². The summed E-state index contributed by atoms with van der Waals surface area (Å²) < 4.78 is 1.84. The first-order valence-electron chi connectivity index (χ1n) is 8.21. The quantitative estimate of drug-likeness (QED) is 0.769. The standard InChI is InChI=1S/C19H22N4OS/c1-11-6-8-16(9-7-11)21-18(24)10-17-13(3)22-23(14(17)4)19-20-12(2)15(5)25-19/h6-9H,10H2,1-5H3,(H,21,24). The third-order valence-electron chi connectivity index (χ3n) is 4.31. The number of nitrogens with zero attached hydrogens (tertiary/aromatic N) is 3. The molecule has 0 aliphatic carbocycles. The molecule has 0 aliphatic heterocycles. The lowest BCUT2D eigenvalue weighted by molar-refractivity contribution is -0.115. The Morgan fingerprint density at radius 1 is 1.08 bits per heavy atom. The molecule has 5 nitrogen and oxygen atoms in total. The van der Waals surface area contributed by atoms with Crippen molar-refractivity contribution in [2.24, 2.45) is 0 Å². The zero-order chi connectivity index (χ0) is 18.1. The van der Waals surface area contributed by atoms with Crippen LogP contribution in [0, 0.1) is 34.6 Å². The van der Waals surface area contributed by atoms with Crippen LogP contribution in [0.5, 0.6) is 0 Å². The van der Waals surface area contributed by atoms with Gasteiger partial charge in [0.05, 0.1) is 17.8 Å². The average molecular weight is 354 g/mol. The Hall–Kier alpha value is -2.47. The molecule has 0 unspecified atom stereocenters. The molecule has 1 N–H and O–H groups in total. The summed E-state index contributed by atoms with van der Waals surface area (Å²) in [6.07, 6.45) is 0.300. The summed E-state index contributed by atoms with van der Waals surface area (Å²) in [7, 11) is 0. The van der Waals surface area contributed by atoms with Crippen LogP contribution in [0.4, 0.5) is 5.69 Å². The predicted octanol–water partition coefficient (Wildman–Crippen LogP) is 4.05. The molecule has 0 saturated carbocycles. The summed E-state index contributed by atoms with van der Waals surface area (Å²) >= 11 is 1.62. The van der Waals surface area contributed by atoms with Crippen LogP contribution in [0.25, 0.3) is 5.13 Å². The summed E-state index contributed by atoms with van der Waals surface area (Å²) in [5.41, 5.74) is 5.78. The van der Waals surface area contributed by atoms with E-state index in [4.69, 9.17) is 0 Å². The van der Waals surface area contributed by atoms with E-state index in [9.17, 15) is 4.79 Å². The summed E-state index contributed by atoms with van der Waals surface area (Å²) in [5, 5.41) is 8.38. The number of carbonyl (C=O) groups is 1. The van der Waals surface area contributed by atoms with Crippen molar-refractivity contribution in [3.8, 4) is 5.13 Å². The maximum Gasteiger partial charge on any atom is 0.228 e. The molecule has 2 heterocycles. The second-order valence-electron chi connectivity index (χ2n) is 6.29. The highest BCUT2D eigenvalue weighted by Gasteiger charge is 2.18. The van der Waals surface area contributed by atoms with E-state index in [0.717, 1.165) is 33.5 Å². The Balaban J connectivity index is 1.80. The van der Waals surface area contributed by atoms with Crippen molar-refractivity contribution in [2.75, 3.05) is 5.32 Å². The lowest BCUT2D eigenvalue weighted by Crippen LogP contribution is -2.15. The van der Waals surface area contributed by atoms with E-state index in [1.54, 1.807) is 11.3 Å². The van der Waals surface area contributed by atoms with E-state index in [1.807, 2.05) is 56.6 Å². The number of thiazole rings is 1. The number of amides is 1. The van der Waals surface area contributed by atoms with Crippen LogP contribution in [0.3, 0.4) is 0 Å². The second kappa shape index (κ2) is 6.80. The highest BCUT2D eigenvalue weighted by atomic mass is 32.1. The molecular weight excluding hydrogens is 332 g/mol. The molecule has 0 bridgehead atoms. The van der Waals surface area contributed by atoms with Crippen molar-refractivity contribution in [2.45, 2.75) is 41.0 Å². The fourth-order valence-corrected chi connectivity index (χ4v) is 3.58. The van der Waals surface area contributed by atoms with Gasteiger partial charge in [0.25, 0.3) is 0 Å². The van der Waals surface area contributed by atoms with Gasteiger partial charge in [-0.3, -0.25) is 4.79 Å². The lowest BCUT2D eigenvalue weighted by Gasteiger charge is -2.06. The van der Waals surface area contributed by atoms with Crippen molar-refractivity contribution in [1.29, 1.82) is 0 Å². The Morgan fingerprint density at radius 2 is 1.76 bits per heavy atom. The topological polar surface area (TPSA) is 59.8 Å². The summed E-state index contributed by atoms with van der Waals surface area (Å²) in [6, 6.07) is 7.80. The predicted molar refractivity (Wildman–Crippen MR) is 102 cm³/mol. The van der Waals surface area contributed by atoms with Crippen molar-refractivity contribution < 1.29 is 4.79 Å². The fraction of sp³-hybridized carbons (Fsp3) is 0.316. The van der Waals surface area contributed by atoms with Crippen LogP contribution in [0.2, 0.25) is 0 Å². The molecule has 0 saturated heterocycles. The molecule has 1 aromatic carbocycles. The summed E-state index contributed by atoms with van der Waals surface area (Å²) in [6.45, 7) is 10.00. The van der Waals surface area contributed by atoms with E-state index < -0.39 is 0 Å². The molecule has 0 radical (unpaired) electrons. The third kappa shape index (κ3) is 3.64. The largest absolute Gasteiger partial charge is 0.326 e. The van der Waals surface area contributed by atoms with Crippen LogP contribution < -0.4 is 5.32 Å². The molecule has 3 rings (SSSR count). The summed E-state index contributed by atoms with van der Waals surface area (Å²) in [4.78, 5) is 18.2. The monoisotopic (exact) mass is 354 g/mol. The van der Waals surface area contributed by atoms with E-state index in [2.05, 4.69) is 22.3 Å². The SMILES string of the molecule is Cc1ccc(NC(=O)Cc2c(C)nn(-c3nc(C)c(C)s3)c2C)cc1. The lowest BCUT2D eigenvalue weighted by atomic mass is 10.1. The van der Waals surface area contributed by atoms with Crippen LogP contribution in [-0.2, 0) is 11.2 Å². The molecule has 130 valence electrons. The molecule has 3 aromatic rings. The Labute approximate surface area is 151 Å². The minimum atomic E-state index is -0.0406. The zero-order valence-electron chi connectivity index (χ0n) is 15.2. The first-order valence-corrected chi connectivity index (χ1v) is 9.03. The Bertz CT molecular complexity index is 902. The summed E-state index contributed by atoms with van der Waals surface area (Å²) in [5.74, 6) is -0.0406. The first kappa shape index (κ1) is 17.4. The van der Waals surface area contributed by atoms with Gasteiger partial charge in [-0.15, -0.1) is 0 Å². The van der Waals surface area contributed by atoms with Gasteiger partial charge in [-0.2, -0.15) is 5.10 Å². The van der Waals surface area contributed by atoms with Crippen LogP contribution in [-0.4, -0.2) is 20.7 Å². The van der Waals surface area contributed by atoms with E-state index in [0.29, 0.717) is 6.42 Å². The minimum absolute atomic E-state index is 0.0406. The van der Waals surface area contributed by atoms with Gasteiger partial charge in [0.2, 0.25) is 11.0 Å². The van der Waals surface area contributed by atoms with E-state index >= 15 is 0 Å². The van der Waals surface area contributed by atoms with Gasteiger partial charge in [0.15, 0.2) is 0 Å². The van der Waals surface area contributed by atoms with Crippen LogP contribution in [0.1, 0.15) is 33.1 Å². The second-order valence-corrected chi connectivity index (χ2v) is 7.47. The molecule has 0 fully saturated rings. The molecule has 0 aliphatic rings. The van der Waals surface area contributed by atoms with Gasteiger partial charge in [-0.1, -0.05) is 29.0 Å². The van der Waals surface area contributed by atoms with Crippen LogP contribution in [0.15, 0.2) is 24.3 Å². The van der Waals surface area contributed by atoms with Gasteiger partial charge < -0.3 is 5.32 Å². The zero-order valence-corrected chi connectivity index (χ0v) is 16.0. The number of anilines is 1. The normalized spacial score (nSPS) is 10.9. The van der Waals surface area contributed by atoms with Gasteiger partial charge in [0.1, 0.15) is 0 Å². The number of carbonyl (C=O) groups excluding carboxylic acids is 1. The van der Waals surface area contributed by atoms with Crippen molar-refractivity contribution >= 4 is 22.9 Å². The fourth-order valence-electron chi connectivity index (χ4n) is 2.67. The highest BCUT2D eigenvalue weighted by molar-refractivity contribution is 7.14. The third-order valence-corrected chi connectivity index (χ3v) is 5.36. The van der Waals surface area contributed by atoms with Gasteiger partial charge in [0, 0.05) is 21.8 Å².